The SMILES string of the molecule is CCOCCCNC(C)c1ccccc1C(F)(F)F. The van der Waals surface area contributed by atoms with Gasteiger partial charge >= 0.3 is 6.18 Å². The van der Waals surface area contributed by atoms with Crippen molar-refractivity contribution in [3.05, 3.63) is 35.4 Å². The van der Waals surface area contributed by atoms with Crippen molar-refractivity contribution in [2.45, 2.75) is 32.5 Å². The number of hydrogen-bond donors (Lipinski definition) is 1. The molecule has 0 aliphatic carbocycles. The summed E-state index contributed by atoms with van der Waals surface area (Å²) >= 11 is 0. The number of alkyl halides is 3. The Kier molecular flexibility index (Phi) is 6.31. The van der Waals surface area contributed by atoms with Gasteiger partial charge in [0.15, 0.2) is 0 Å². The minimum absolute atomic E-state index is 0.284. The summed E-state index contributed by atoms with van der Waals surface area (Å²) in [7, 11) is 0. The van der Waals surface area contributed by atoms with Gasteiger partial charge in [-0.05, 0) is 38.4 Å². The Balaban J connectivity index is 2.59. The highest BCUT2D eigenvalue weighted by molar-refractivity contribution is 5.31. The van der Waals surface area contributed by atoms with Gasteiger partial charge in [0.2, 0.25) is 0 Å². The molecule has 5 heteroatoms. The average molecular weight is 275 g/mol. The minimum Gasteiger partial charge on any atom is -0.382 e. The van der Waals surface area contributed by atoms with Crippen molar-refractivity contribution in [1.82, 2.24) is 5.32 Å². The molecule has 1 unspecified atom stereocenters. The van der Waals surface area contributed by atoms with Crippen LogP contribution in [0.2, 0.25) is 0 Å². The fourth-order valence-corrected chi connectivity index (χ4v) is 1.88. The molecule has 2 nitrogen and oxygen atoms in total. The van der Waals surface area contributed by atoms with Gasteiger partial charge in [0.25, 0.3) is 0 Å². The fourth-order valence-electron chi connectivity index (χ4n) is 1.88. The van der Waals surface area contributed by atoms with Gasteiger partial charge in [-0.1, -0.05) is 18.2 Å². The summed E-state index contributed by atoms with van der Waals surface area (Å²) in [6.07, 6.45) is -3.52. The van der Waals surface area contributed by atoms with Crippen molar-refractivity contribution in [3.63, 3.8) is 0 Å². The molecule has 1 N–H and O–H groups in total. The third kappa shape index (κ3) is 5.20. The van der Waals surface area contributed by atoms with E-state index in [1.54, 1.807) is 13.0 Å². The van der Waals surface area contributed by atoms with Crippen molar-refractivity contribution < 1.29 is 17.9 Å². The third-order valence-corrected chi connectivity index (χ3v) is 2.85. The van der Waals surface area contributed by atoms with Crippen LogP contribution in [0.1, 0.15) is 37.4 Å². The quantitative estimate of drug-likeness (QED) is 0.765. The molecule has 0 aliphatic rings. The van der Waals surface area contributed by atoms with Crippen molar-refractivity contribution in [2.75, 3.05) is 19.8 Å². The van der Waals surface area contributed by atoms with E-state index in [2.05, 4.69) is 5.32 Å². The lowest BCUT2D eigenvalue weighted by molar-refractivity contribution is -0.138. The Bertz CT molecular complexity index is 379. The van der Waals surface area contributed by atoms with Crippen molar-refractivity contribution in [2.24, 2.45) is 0 Å². The van der Waals surface area contributed by atoms with Crippen molar-refractivity contribution in [3.8, 4) is 0 Å². The number of benzene rings is 1. The topological polar surface area (TPSA) is 21.3 Å². The zero-order valence-corrected chi connectivity index (χ0v) is 11.3. The lowest BCUT2D eigenvalue weighted by atomic mass is 10.0. The molecule has 0 spiro atoms. The maximum absolute atomic E-state index is 12.8. The van der Waals surface area contributed by atoms with Crippen LogP contribution in [0.25, 0.3) is 0 Å². The highest BCUT2D eigenvalue weighted by Crippen LogP contribution is 2.34. The van der Waals surface area contributed by atoms with Crippen molar-refractivity contribution >= 4 is 0 Å². The summed E-state index contributed by atoms with van der Waals surface area (Å²) in [5.41, 5.74) is -0.286. The van der Waals surface area contributed by atoms with Crippen LogP contribution in [0, 0.1) is 0 Å². The maximum Gasteiger partial charge on any atom is 0.416 e. The predicted octanol–water partition coefficient (Wildman–Crippen LogP) is 3.78. The molecule has 0 bridgehead atoms. The second-order valence-electron chi connectivity index (χ2n) is 4.31. The highest BCUT2D eigenvalue weighted by atomic mass is 19.4. The summed E-state index contributed by atoms with van der Waals surface area (Å²) < 4.78 is 43.7. The summed E-state index contributed by atoms with van der Waals surface area (Å²) in [6, 6.07) is 5.34. The van der Waals surface area contributed by atoms with Crippen LogP contribution in [-0.2, 0) is 10.9 Å². The first-order valence-corrected chi connectivity index (χ1v) is 6.44. The van der Waals surface area contributed by atoms with Crippen LogP contribution in [-0.4, -0.2) is 19.8 Å². The average Bonchev–Trinajstić information content (AvgIpc) is 2.37. The third-order valence-electron chi connectivity index (χ3n) is 2.85. The van der Waals surface area contributed by atoms with E-state index in [1.165, 1.54) is 12.1 Å². The van der Waals surface area contributed by atoms with E-state index >= 15 is 0 Å². The van der Waals surface area contributed by atoms with E-state index in [-0.39, 0.29) is 11.6 Å². The molecule has 108 valence electrons. The standard InChI is InChI=1S/C14H20F3NO/c1-3-19-10-6-9-18-11(2)12-7-4-5-8-13(12)14(15,16)17/h4-5,7-8,11,18H,3,6,9-10H2,1-2H3. The van der Waals surface area contributed by atoms with Crippen LogP contribution in [0.5, 0.6) is 0 Å². The van der Waals surface area contributed by atoms with E-state index in [0.29, 0.717) is 19.8 Å². The van der Waals surface area contributed by atoms with Crippen LogP contribution < -0.4 is 5.32 Å². The predicted molar refractivity (Wildman–Crippen MR) is 69.0 cm³/mol. The molecule has 1 aromatic rings. The number of rotatable bonds is 7. The van der Waals surface area contributed by atoms with Gasteiger partial charge < -0.3 is 10.1 Å². The number of hydrogen-bond acceptors (Lipinski definition) is 2. The van der Waals surface area contributed by atoms with Crippen LogP contribution >= 0.6 is 0 Å². The number of halogens is 3. The Morgan fingerprint density at radius 1 is 1.26 bits per heavy atom. The molecule has 0 saturated heterocycles. The second-order valence-corrected chi connectivity index (χ2v) is 4.31. The fraction of sp³-hybridized carbons (Fsp3) is 0.571. The Hall–Kier alpha value is -1.07. The van der Waals surface area contributed by atoms with Gasteiger partial charge in [-0.15, -0.1) is 0 Å². The molecule has 0 aliphatic heterocycles. The van der Waals surface area contributed by atoms with Crippen LogP contribution in [0.4, 0.5) is 13.2 Å². The minimum atomic E-state index is -4.31. The highest BCUT2D eigenvalue weighted by Gasteiger charge is 2.33. The van der Waals surface area contributed by atoms with E-state index in [0.717, 1.165) is 12.5 Å². The Labute approximate surface area is 112 Å². The van der Waals surface area contributed by atoms with Gasteiger partial charge in [0, 0.05) is 19.3 Å². The van der Waals surface area contributed by atoms with E-state index in [1.807, 2.05) is 6.92 Å². The zero-order valence-electron chi connectivity index (χ0n) is 11.3. The summed E-state index contributed by atoms with van der Waals surface area (Å²) in [5.74, 6) is 0. The van der Waals surface area contributed by atoms with Gasteiger partial charge in [-0.2, -0.15) is 13.2 Å². The van der Waals surface area contributed by atoms with Gasteiger partial charge in [-0.3, -0.25) is 0 Å². The first-order chi connectivity index (χ1) is 8.96. The molecule has 0 heterocycles. The number of ether oxygens (including phenoxy) is 1. The maximum atomic E-state index is 12.8. The molecule has 0 fully saturated rings. The Morgan fingerprint density at radius 3 is 2.58 bits per heavy atom. The smallest absolute Gasteiger partial charge is 0.382 e. The molecule has 0 amide bonds. The van der Waals surface area contributed by atoms with E-state index in [9.17, 15) is 13.2 Å². The first-order valence-electron chi connectivity index (χ1n) is 6.44. The van der Waals surface area contributed by atoms with E-state index < -0.39 is 11.7 Å². The molecule has 0 radical (unpaired) electrons. The van der Waals surface area contributed by atoms with Crippen LogP contribution in [0.3, 0.4) is 0 Å². The molecule has 1 rings (SSSR count). The van der Waals surface area contributed by atoms with Gasteiger partial charge in [0.05, 0.1) is 5.56 Å². The molecular formula is C14H20F3NO. The normalized spacial score (nSPS) is 13.5. The lowest BCUT2D eigenvalue weighted by Gasteiger charge is -2.19. The first kappa shape index (κ1) is 16.0. The molecule has 0 saturated carbocycles. The van der Waals surface area contributed by atoms with Crippen molar-refractivity contribution in [1.29, 1.82) is 0 Å². The van der Waals surface area contributed by atoms with E-state index in [4.69, 9.17) is 4.74 Å². The molecule has 19 heavy (non-hydrogen) atoms. The Morgan fingerprint density at radius 2 is 1.95 bits per heavy atom. The lowest BCUT2D eigenvalue weighted by Crippen LogP contribution is -2.23. The number of nitrogens with one attached hydrogen (secondary N) is 1. The summed E-state index contributed by atoms with van der Waals surface area (Å²) in [6.45, 7) is 5.57. The summed E-state index contributed by atoms with van der Waals surface area (Å²) in [4.78, 5) is 0. The zero-order chi connectivity index (χ0) is 14.3. The second kappa shape index (κ2) is 7.50. The molecular weight excluding hydrogens is 255 g/mol. The molecule has 1 atom stereocenters. The summed E-state index contributed by atoms with van der Waals surface area (Å²) in [5, 5.41) is 3.09. The molecule has 0 aromatic heterocycles. The monoisotopic (exact) mass is 275 g/mol. The largest absolute Gasteiger partial charge is 0.416 e. The van der Waals surface area contributed by atoms with Crippen LogP contribution in [0.15, 0.2) is 24.3 Å². The van der Waals surface area contributed by atoms with Gasteiger partial charge in [0.1, 0.15) is 0 Å². The molecule has 1 aromatic carbocycles. The van der Waals surface area contributed by atoms with Gasteiger partial charge in [-0.25, -0.2) is 0 Å².